The van der Waals surface area contributed by atoms with Gasteiger partial charge in [0.1, 0.15) is 11.6 Å². The molecule has 1 aliphatic heterocycles. The Balaban J connectivity index is 1.12. The fourth-order valence-electron chi connectivity index (χ4n) is 4.83. The highest BCUT2D eigenvalue weighted by molar-refractivity contribution is 5.92. The van der Waals surface area contributed by atoms with E-state index in [9.17, 15) is 9.90 Å². The number of benzene rings is 3. The number of pyridine rings is 1. The number of carbonyl (C=O) groups excluding carboxylic acids is 1. The zero-order chi connectivity index (χ0) is 26.6. The second-order valence-electron chi connectivity index (χ2n) is 9.58. The van der Waals surface area contributed by atoms with Gasteiger partial charge in [0.15, 0.2) is 0 Å². The highest BCUT2D eigenvalue weighted by Crippen LogP contribution is 2.26. The molecule has 0 spiro atoms. The molecule has 2 N–H and O–H groups in total. The van der Waals surface area contributed by atoms with Gasteiger partial charge in [-0.2, -0.15) is 0 Å². The van der Waals surface area contributed by atoms with Crippen LogP contribution >= 0.6 is 0 Å². The van der Waals surface area contributed by atoms with Crippen molar-refractivity contribution in [1.82, 2.24) is 15.0 Å². The predicted octanol–water partition coefficient (Wildman–Crippen LogP) is 4.91. The number of carbonyl (C=O) groups is 1. The molecule has 8 heteroatoms. The van der Waals surface area contributed by atoms with Crippen LogP contribution in [0.15, 0.2) is 97.5 Å². The fraction of sp³-hybridized carbons (Fsp3) is 0.161. The van der Waals surface area contributed by atoms with Crippen molar-refractivity contribution < 1.29 is 9.90 Å². The number of anilines is 3. The van der Waals surface area contributed by atoms with Crippen LogP contribution in [0.2, 0.25) is 0 Å². The van der Waals surface area contributed by atoms with Gasteiger partial charge < -0.3 is 20.2 Å². The van der Waals surface area contributed by atoms with E-state index in [1.165, 1.54) is 5.69 Å². The molecule has 0 bridgehead atoms. The quantitative estimate of drug-likeness (QED) is 0.331. The maximum absolute atomic E-state index is 12.4. The van der Waals surface area contributed by atoms with Crippen LogP contribution < -0.4 is 15.1 Å². The zero-order valence-corrected chi connectivity index (χ0v) is 21.4. The number of fused-ring (bicyclic) bond motifs is 1. The third-order valence-electron chi connectivity index (χ3n) is 6.96. The van der Waals surface area contributed by atoms with E-state index in [-0.39, 0.29) is 18.1 Å². The molecule has 5 aromatic rings. The highest BCUT2D eigenvalue weighted by Gasteiger charge is 2.19. The van der Waals surface area contributed by atoms with Crippen molar-refractivity contribution in [2.75, 3.05) is 41.3 Å². The van der Waals surface area contributed by atoms with E-state index in [1.807, 2.05) is 67.1 Å². The number of hydrogen-bond acceptors (Lipinski definition) is 7. The third-order valence-corrected chi connectivity index (χ3v) is 6.96. The molecule has 1 aliphatic rings. The Morgan fingerprint density at radius 2 is 1.49 bits per heavy atom. The van der Waals surface area contributed by atoms with E-state index in [4.69, 9.17) is 4.98 Å². The van der Waals surface area contributed by atoms with Crippen LogP contribution in [-0.2, 0) is 11.2 Å². The smallest absolute Gasteiger partial charge is 0.228 e. The molecule has 6 rings (SSSR count). The van der Waals surface area contributed by atoms with Gasteiger partial charge in [0.05, 0.1) is 23.7 Å². The van der Waals surface area contributed by atoms with E-state index < -0.39 is 0 Å². The lowest BCUT2D eigenvalue weighted by atomic mass is 10.0. The van der Waals surface area contributed by atoms with Gasteiger partial charge in [-0.1, -0.05) is 30.3 Å². The Hall–Kier alpha value is -4.98. The van der Waals surface area contributed by atoms with E-state index >= 15 is 0 Å². The van der Waals surface area contributed by atoms with Crippen molar-refractivity contribution in [3.63, 3.8) is 0 Å². The van der Waals surface area contributed by atoms with Gasteiger partial charge in [-0.25, -0.2) is 4.98 Å². The van der Waals surface area contributed by atoms with Crippen LogP contribution in [0.1, 0.15) is 5.56 Å². The molecule has 3 aromatic carbocycles. The normalized spacial score (nSPS) is 13.4. The summed E-state index contributed by atoms with van der Waals surface area (Å²) in [5, 5.41) is 12.3. The number of rotatable bonds is 6. The first kappa shape index (κ1) is 24.4. The number of phenols is 1. The summed E-state index contributed by atoms with van der Waals surface area (Å²) in [7, 11) is 0. The molecule has 39 heavy (non-hydrogen) atoms. The summed E-state index contributed by atoms with van der Waals surface area (Å²) in [6, 6.07) is 24.6. The minimum Gasteiger partial charge on any atom is -0.508 e. The maximum Gasteiger partial charge on any atom is 0.228 e. The molecule has 194 valence electrons. The van der Waals surface area contributed by atoms with Gasteiger partial charge in [-0.15, -0.1) is 0 Å². The van der Waals surface area contributed by atoms with Crippen LogP contribution in [0.3, 0.4) is 0 Å². The van der Waals surface area contributed by atoms with Crippen LogP contribution in [0.25, 0.3) is 22.2 Å². The average Bonchev–Trinajstić information content (AvgIpc) is 2.99. The summed E-state index contributed by atoms with van der Waals surface area (Å²) >= 11 is 0. The van der Waals surface area contributed by atoms with E-state index in [0.717, 1.165) is 65.4 Å². The minimum absolute atomic E-state index is 0.108. The molecular formula is C31H28N6O2. The molecule has 0 saturated carbocycles. The number of hydrogen-bond donors (Lipinski definition) is 2. The number of amides is 1. The second kappa shape index (κ2) is 10.8. The molecule has 1 saturated heterocycles. The van der Waals surface area contributed by atoms with E-state index in [1.54, 1.807) is 24.3 Å². The summed E-state index contributed by atoms with van der Waals surface area (Å²) in [6.45, 7) is 3.59. The van der Waals surface area contributed by atoms with E-state index in [0.29, 0.717) is 0 Å². The van der Waals surface area contributed by atoms with Crippen molar-refractivity contribution in [2.45, 2.75) is 6.42 Å². The molecule has 3 heterocycles. The summed E-state index contributed by atoms with van der Waals surface area (Å²) in [5.41, 5.74) is 6.56. The van der Waals surface area contributed by atoms with Crippen LogP contribution in [0.5, 0.6) is 5.75 Å². The molecule has 0 aliphatic carbocycles. The molecule has 0 atom stereocenters. The first-order chi connectivity index (χ1) is 19.1. The lowest BCUT2D eigenvalue weighted by Gasteiger charge is -2.36. The number of aromatic nitrogens is 3. The third kappa shape index (κ3) is 5.65. The Labute approximate surface area is 226 Å². The van der Waals surface area contributed by atoms with Gasteiger partial charge >= 0.3 is 0 Å². The topological polar surface area (TPSA) is 94.5 Å². The van der Waals surface area contributed by atoms with Gasteiger partial charge in [-0.3, -0.25) is 14.8 Å². The number of nitrogens with one attached hydrogen (secondary N) is 1. The Bertz CT molecular complexity index is 1580. The Kier molecular flexibility index (Phi) is 6.74. The number of piperazine rings is 1. The van der Waals surface area contributed by atoms with Gasteiger partial charge in [0.25, 0.3) is 0 Å². The highest BCUT2D eigenvalue weighted by atomic mass is 16.3. The fourth-order valence-corrected chi connectivity index (χ4v) is 4.83. The van der Waals surface area contributed by atoms with Crippen molar-refractivity contribution in [3.05, 3.63) is 103 Å². The van der Waals surface area contributed by atoms with Crippen molar-refractivity contribution in [2.24, 2.45) is 0 Å². The molecule has 8 nitrogen and oxygen atoms in total. The van der Waals surface area contributed by atoms with Crippen molar-refractivity contribution in [1.29, 1.82) is 0 Å². The largest absolute Gasteiger partial charge is 0.508 e. The zero-order valence-electron chi connectivity index (χ0n) is 21.4. The first-order valence-corrected chi connectivity index (χ1v) is 13.0. The van der Waals surface area contributed by atoms with Gasteiger partial charge in [0.2, 0.25) is 5.91 Å². The van der Waals surface area contributed by atoms with Gasteiger partial charge in [0, 0.05) is 49.9 Å². The predicted molar refractivity (Wildman–Crippen MR) is 154 cm³/mol. The lowest BCUT2D eigenvalue weighted by molar-refractivity contribution is -0.115. The minimum atomic E-state index is -0.108. The van der Waals surface area contributed by atoms with Crippen molar-refractivity contribution in [3.8, 4) is 16.9 Å². The monoisotopic (exact) mass is 516 g/mol. The molecule has 2 aromatic heterocycles. The summed E-state index contributed by atoms with van der Waals surface area (Å²) in [5.74, 6) is 0.967. The van der Waals surface area contributed by atoms with Crippen LogP contribution in [-0.4, -0.2) is 52.1 Å². The molecule has 0 radical (unpaired) electrons. The standard InChI is InChI=1S/C31H28N6O2/c38-27-8-1-22(2-9-27)19-31(39)34-25-6-3-23(4-7-25)24-5-10-28-29(20-24)35-30(21-33-28)37-17-15-36(16-18-37)26-11-13-32-14-12-26/h1-14,20-21,38H,15-19H2,(H,34,39). The SMILES string of the molecule is O=C(Cc1ccc(O)cc1)Nc1ccc(-c2ccc3ncc(N4CCN(c5ccncc5)CC4)nc3c2)cc1. The van der Waals surface area contributed by atoms with E-state index in [2.05, 4.69) is 31.2 Å². The lowest BCUT2D eigenvalue weighted by Crippen LogP contribution is -2.46. The van der Waals surface area contributed by atoms with Gasteiger partial charge in [-0.05, 0) is 65.2 Å². The maximum atomic E-state index is 12.4. The van der Waals surface area contributed by atoms with Crippen LogP contribution in [0.4, 0.5) is 17.2 Å². The second-order valence-corrected chi connectivity index (χ2v) is 9.58. The molecule has 0 unspecified atom stereocenters. The number of phenolic OH excluding ortho intramolecular Hbond substituents is 1. The molecular weight excluding hydrogens is 488 g/mol. The molecule has 1 fully saturated rings. The Morgan fingerprint density at radius 1 is 0.795 bits per heavy atom. The average molecular weight is 517 g/mol. The number of aromatic hydroxyl groups is 1. The van der Waals surface area contributed by atoms with Crippen LogP contribution in [0, 0.1) is 0 Å². The Morgan fingerprint density at radius 3 is 2.23 bits per heavy atom. The molecule has 1 amide bonds. The van der Waals surface area contributed by atoms with Crippen molar-refractivity contribution >= 4 is 34.1 Å². The summed E-state index contributed by atoms with van der Waals surface area (Å²) < 4.78 is 0. The summed E-state index contributed by atoms with van der Waals surface area (Å²) in [6.07, 6.45) is 5.76. The summed E-state index contributed by atoms with van der Waals surface area (Å²) in [4.78, 5) is 30.8. The first-order valence-electron chi connectivity index (χ1n) is 13.0. The number of nitrogens with zero attached hydrogens (tertiary/aromatic N) is 5.